The number of carboxylic acids is 1. The average molecular weight is 268 g/mol. The summed E-state index contributed by atoms with van der Waals surface area (Å²) in [6.45, 7) is 1.27. The van der Waals surface area contributed by atoms with Gasteiger partial charge in [0.25, 0.3) is 0 Å². The molecule has 0 amide bonds. The largest absolute Gasteiger partial charge is 0.504 e. The summed E-state index contributed by atoms with van der Waals surface area (Å²) in [6, 6.07) is 3.73. The monoisotopic (exact) mass is 268 g/mol. The number of phenols is 1. The Balaban J connectivity index is 2.81. The van der Waals surface area contributed by atoms with Gasteiger partial charge in [0.05, 0.1) is 7.11 Å². The van der Waals surface area contributed by atoms with Crippen molar-refractivity contribution in [1.29, 1.82) is 0 Å². The molecule has 19 heavy (non-hydrogen) atoms. The maximum absolute atomic E-state index is 11.3. The van der Waals surface area contributed by atoms with Crippen molar-refractivity contribution in [1.82, 2.24) is 10.2 Å². The van der Waals surface area contributed by atoms with E-state index >= 15 is 0 Å². The smallest absolute Gasteiger partial charge is 0.325 e. The zero-order valence-electron chi connectivity index (χ0n) is 11.4. The van der Waals surface area contributed by atoms with Gasteiger partial charge >= 0.3 is 5.97 Å². The highest BCUT2D eigenvalue weighted by atomic mass is 16.5. The number of methoxy groups -OCH3 is 1. The highest BCUT2D eigenvalue weighted by molar-refractivity contribution is 5.76. The van der Waals surface area contributed by atoms with E-state index in [1.807, 2.05) is 19.0 Å². The molecule has 0 heterocycles. The Bertz CT molecular complexity index is 435. The standard InChI is InChI=1S/C13H20N2O4/c1-15(2)7-6-14-12(13(17)18)9-4-5-11(19-3)10(16)8-9/h4-5,8,12,14,16H,6-7H2,1-3H3,(H,17,18). The van der Waals surface area contributed by atoms with Gasteiger partial charge in [-0.25, -0.2) is 0 Å². The molecule has 6 nitrogen and oxygen atoms in total. The molecule has 0 aliphatic carbocycles. The van der Waals surface area contributed by atoms with Crippen LogP contribution in [-0.2, 0) is 4.79 Å². The Labute approximate surface area is 112 Å². The topological polar surface area (TPSA) is 82.0 Å². The van der Waals surface area contributed by atoms with E-state index in [0.717, 1.165) is 6.54 Å². The van der Waals surface area contributed by atoms with Crippen molar-refractivity contribution in [3.05, 3.63) is 23.8 Å². The first kappa shape index (κ1) is 15.3. The lowest BCUT2D eigenvalue weighted by molar-refractivity contribution is -0.139. The molecule has 0 saturated carbocycles. The van der Waals surface area contributed by atoms with Gasteiger partial charge in [-0.05, 0) is 31.8 Å². The molecule has 6 heteroatoms. The lowest BCUT2D eigenvalue weighted by atomic mass is 10.1. The molecule has 0 aliphatic heterocycles. The zero-order chi connectivity index (χ0) is 14.4. The lowest BCUT2D eigenvalue weighted by Crippen LogP contribution is -2.33. The molecule has 106 valence electrons. The molecular weight excluding hydrogens is 248 g/mol. The van der Waals surface area contributed by atoms with Gasteiger partial charge in [0.15, 0.2) is 11.5 Å². The highest BCUT2D eigenvalue weighted by Crippen LogP contribution is 2.28. The second-order valence-electron chi connectivity index (χ2n) is 4.46. The molecule has 0 bridgehead atoms. The number of phenolic OH excluding ortho intramolecular Hbond substituents is 1. The number of likely N-dealkylation sites (N-methyl/N-ethyl adjacent to an activating group) is 1. The first-order chi connectivity index (χ1) is 8.95. The lowest BCUT2D eigenvalue weighted by Gasteiger charge is -2.17. The van der Waals surface area contributed by atoms with Gasteiger partial charge in [0.2, 0.25) is 0 Å². The third kappa shape index (κ3) is 4.42. The minimum absolute atomic E-state index is 0.0688. The van der Waals surface area contributed by atoms with Gasteiger partial charge < -0.3 is 19.8 Å². The van der Waals surface area contributed by atoms with E-state index in [4.69, 9.17) is 4.74 Å². The Morgan fingerprint density at radius 2 is 2.16 bits per heavy atom. The predicted molar refractivity (Wildman–Crippen MR) is 71.6 cm³/mol. The first-order valence-corrected chi connectivity index (χ1v) is 5.93. The van der Waals surface area contributed by atoms with Crippen LogP contribution in [0.1, 0.15) is 11.6 Å². The van der Waals surface area contributed by atoms with Gasteiger partial charge in [-0.2, -0.15) is 0 Å². The van der Waals surface area contributed by atoms with E-state index in [1.165, 1.54) is 13.2 Å². The average Bonchev–Trinajstić information content (AvgIpc) is 2.33. The number of aromatic hydroxyl groups is 1. The number of aliphatic carboxylic acids is 1. The fraction of sp³-hybridized carbons (Fsp3) is 0.462. The van der Waals surface area contributed by atoms with Crippen molar-refractivity contribution in [2.75, 3.05) is 34.3 Å². The molecule has 1 aromatic rings. The maximum Gasteiger partial charge on any atom is 0.325 e. The predicted octanol–water partition coefficient (Wildman–Crippen LogP) is 0.678. The van der Waals surface area contributed by atoms with Crippen LogP contribution in [0.3, 0.4) is 0 Å². The summed E-state index contributed by atoms with van der Waals surface area (Å²) in [5, 5.41) is 21.8. The number of carboxylic acid groups (broad SMARTS) is 1. The molecule has 0 fully saturated rings. The summed E-state index contributed by atoms with van der Waals surface area (Å²) in [4.78, 5) is 13.2. The van der Waals surface area contributed by atoms with Crippen LogP contribution in [0.4, 0.5) is 0 Å². The summed E-state index contributed by atoms with van der Waals surface area (Å²) in [5.74, 6) is -0.731. The number of ether oxygens (including phenoxy) is 1. The minimum atomic E-state index is -0.983. The third-order valence-electron chi connectivity index (χ3n) is 2.69. The first-order valence-electron chi connectivity index (χ1n) is 5.93. The van der Waals surface area contributed by atoms with Crippen LogP contribution >= 0.6 is 0 Å². The Kier molecular flexibility index (Phi) is 5.59. The molecule has 0 aromatic heterocycles. The van der Waals surface area contributed by atoms with Crippen molar-refractivity contribution in [2.24, 2.45) is 0 Å². The van der Waals surface area contributed by atoms with E-state index < -0.39 is 12.0 Å². The fourth-order valence-corrected chi connectivity index (χ4v) is 1.67. The Hall–Kier alpha value is -1.79. The van der Waals surface area contributed by atoms with Crippen LogP contribution in [0.25, 0.3) is 0 Å². The van der Waals surface area contributed by atoms with Crippen LogP contribution < -0.4 is 10.1 Å². The number of nitrogens with one attached hydrogen (secondary N) is 1. The van der Waals surface area contributed by atoms with Crippen LogP contribution in [0.2, 0.25) is 0 Å². The zero-order valence-corrected chi connectivity index (χ0v) is 11.4. The second kappa shape index (κ2) is 6.96. The molecule has 0 saturated heterocycles. The molecule has 1 unspecified atom stereocenters. The van der Waals surface area contributed by atoms with Crippen LogP contribution in [0.15, 0.2) is 18.2 Å². The van der Waals surface area contributed by atoms with E-state index in [2.05, 4.69) is 5.32 Å². The maximum atomic E-state index is 11.3. The van der Waals surface area contributed by atoms with Crippen molar-refractivity contribution >= 4 is 5.97 Å². The molecule has 0 aliphatic rings. The normalized spacial score (nSPS) is 12.4. The van der Waals surface area contributed by atoms with Crippen molar-refractivity contribution in [3.63, 3.8) is 0 Å². The molecule has 1 atom stereocenters. The number of hydrogen-bond donors (Lipinski definition) is 3. The summed E-state index contributed by atoms with van der Waals surface area (Å²) in [5.41, 5.74) is 0.490. The van der Waals surface area contributed by atoms with Crippen molar-refractivity contribution in [3.8, 4) is 11.5 Å². The molecule has 3 N–H and O–H groups in total. The van der Waals surface area contributed by atoms with Gasteiger partial charge in [-0.1, -0.05) is 6.07 Å². The fourth-order valence-electron chi connectivity index (χ4n) is 1.67. The van der Waals surface area contributed by atoms with Crippen LogP contribution in [-0.4, -0.2) is 55.4 Å². The summed E-state index contributed by atoms with van der Waals surface area (Å²) in [6.07, 6.45) is 0. The van der Waals surface area contributed by atoms with Crippen molar-refractivity contribution < 1.29 is 19.7 Å². The van der Waals surface area contributed by atoms with Gasteiger partial charge in [-0.3, -0.25) is 10.1 Å². The summed E-state index contributed by atoms with van der Waals surface area (Å²) in [7, 11) is 5.27. The SMILES string of the molecule is COc1ccc(C(NCCN(C)C)C(=O)O)cc1O. The summed E-state index contributed by atoms with van der Waals surface area (Å²) >= 11 is 0. The molecule has 1 aromatic carbocycles. The molecule has 0 radical (unpaired) electrons. The number of rotatable bonds is 7. The van der Waals surface area contributed by atoms with E-state index in [0.29, 0.717) is 17.9 Å². The number of carbonyl (C=O) groups is 1. The number of nitrogens with zero attached hydrogens (tertiary/aromatic N) is 1. The molecule has 1 rings (SSSR count). The van der Waals surface area contributed by atoms with Crippen LogP contribution in [0.5, 0.6) is 11.5 Å². The van der Waals surface area contributed by atoms with E-state index in [-0.39, 0.29) is 5.75 Å². The molecular formula is C13H20N2O4. The Morgan fingerprint density at radius 3 is 2.63 bits per heavy atom. The van der Waals surface area contributed by atoms with Crippen molar-refractivity contribution in [2.45, 2.75) is 6.04 Å². The van der Waals surface area contributed by atoms with Crippen LogP contribution in [0, 0.1) is 0 Å². The highest BCUT2D eigenvalue weighted by Gasteiger charge is 2.20. The Morgan fingerprint density at radius 1 is 1.47 bits per heavy atom. The summed E-state index contributed by atoms with van der Waals surface area (Å²) < 4.78 is 4.93. The van der Waals surface area contributed by atoms with E-state index in [9.17, 15) is 15.0 Å². The van der Waals surface area contributed by atoms with Gasteiger partial charge in [0, 0.05) is 13.1 Å². The quantitative estimate of drug-likeness (QED) is 0.674. The van der Waals surface area contributed by atoms with E-state index in [1.54, 1.807) is 12.1 Å². The molecule has 0 spiro atoms. The number of hydrogen-bond acceptors (Lipinski definition) is 5. The minimum Gasteiger partial charge on any atom is -0.504 e. The van der Waals surface area contributed by atoms with Gasteiger partial charge in [-0.15, -0.1) is 0 Å². The second-order valence-corrected chi connectivity index (χ2v) is 4.46. The third-order valence-corrected chi connectivity index (χ3v) is 2.69. The van der Waals surface area contributed by atoms with Gasteiger partial charge in [0.1, 0.15) is 6.04 Å². The number of benzene rings is 1.